The van der Waals surface area contributed by atoms with Crippen LogP contribution in [0.3, 0.4) is 0 Å². The monoisotopic (exact) mass is 854 g/mol. The quantitative estimate of drug-likeness (QED) is 0.0497. The maximum Gasteiger partial charge on any atom is 0.0651 e. The summed E-state index contributed by atoms with van der Waals surface area (Å²) < 4.78 is 0. The highest BCUT2D eigenvalue weighted by atomic mass is 28.2. The van der Waals surface area contributed by atoms with Crippen LogP contribution in [-0.4, -0.2) is 9.52 Å². The summed E-state index contributed by atoms with van der Waals surface area (Å²) in [6, 6.07) is 62.1. The minimum Gasteiger partial charge on any atom is -0.0689 e. The van der Waals surface area contributed by atoms with Crippen molar-refractivity contribution in [2.45, 2.75) is 83.7 Å². The van der Waals surface area contributed by atoms with Crippen LogP contribution in [0.1, 0.15) is 101 Å². The SMILES string of the molecule is CCC(C)c1ccc(C(C)(CC)[Si]C(CC)(c2ccc3c(C4=C=C=CC(c5cc6ccccc6c6ccccc56)=C4)c4ccccc4c(-c4ccc5ccccc5c4)c3c2)C(C)C)cc1. The fourth-order valence-corrected chi connectivity index (χ4v) is 13.2. The molecule has 0 heterocycles. The summed E-state index contributed by atoms with van der Waals surface area (Å²) in [7, 11) is 0.693. The lowest BCUT2D eigenvalue weighted by atomic mass is 9.80. The molecule has 0 nitrogen and oxygen atoms in total. The van der Waals surface area contributed by atoms with Gasteiger partial charge in [0.05, 0.1) is 9.52 Å². The van der Waals surface area contributed by atoms with Gasteiger partial charge in [-0.25, -0.2) is 0 Å². The number of allylic oxidation sites excluding steroid dienone is 4. The summed E-state index contributed by atoms with van der Waals surface area (Å²) in [6.07, 6.45) is 7.78. The molecule has 0 fully saturated rings. The minimum atomic E-state index is -0.0439. The van der Waals surface area contributed by atoms with Crippen LogP contribution in [0.4, 0.5) is 0 Å². The van der Waals surface area contributed by atoms with E-state index in [1.54, 1.807) is 0 Å². The molecule has 3 atom stereocenters. The zero-order chi connectivity index (χ0) is 44.9. The summed E-state index contributed by atoms with van der Waals surface area (Å²) in [5.74, 6) is 0.991. The third kappa shape index (κ3) is 7.34. The molecule has 65 heavy (non-hydrogen) atoms. The second-order valence-corrected chi connectivity index (χ2v) is 21.2. The van der Waals surface area contributed by atoms with E-state index in [-0.39, 0.29) is 10.1 Å². The van der Waals surface area contributed by atoms with Gasteiger partial charge in [0, 0.05) is 11.1 Å². The Hall–Kier alpha value is -6.46. The van der Waals surface area contributed by atoms with E-state index in [4.69, 9.17) is 0 Å². The first kappa shape index (κ1) is 42.5. The first-order valence-electron chi connectivity index (χ1n) is 23.9. The van der Waals surface area contributed by atoms with Gasteiger partial charge in [-0.15, -0.1) is 0 Å². The largest absolute Gasteiger partial charge is 0.0689 e. The zero-order valence-corrected chi connectivity index (χ0v) is 40.0. The molecule has 318 valence electrons. The van der Waals surface area contributed by atoms with Crippen LogP contribution in [0.15, 0.2) is 187 Å². The van der Waals surface area contributed by atoms with E-state index < -0.39 is 0 Å². The van der Waals surface area contributed by atoms with Crippen LogP contribution in [0.5, 0.6) is 0 Å². The van der Waals surface area contributed by atoms with E-state index in [1.807, 2.05) is 0 Å². The van der Waals surface area contributed by atoms with E-state index >= 15 is 0 Å². The Morgan fingerprint density at radius 1 is 0.523 bits per heavy atom. The molecule has 10 rings (SSSR count). The lowest BCUT2D eigenvalue weighted by Gasteiger charge is -2.44. The molecule has 0 amide bonds. The van der Waals surface area contributed by atoms with E-state index in [9.17, 15) is 0 Å². The fourth-order valence-electron chi connectivity index (χ4n) is 10.9. The second kappa shape index (κ2) is 17.2. The Morgan fingerprint density at radius 3 is 1.83 bits per heavy atom. The van der Waals surface area contributed by atoms with E-state index in [0.29, 0.717) is 21.4 Å². The molecule has 0 N–H and O–H groups in total. The van der Waals surface area contributed by atoms with Crippen molar-refractivity contribution in [2.75, 3.05) is 0 Å². The van der Waals surface area contributed by atoms with Gasteiger partial charge in [0.1, 0.15) is 0 Å². The zero-order valence-electron chi connectivity index (χ0n) is 39.0. The van der Waals surface area contributed by atoms with Crippen molar-refractivity contribution in [3.63, 3.8) is 0 Å². The molecule has 0 saturated carbocycles. The Balaban J connectivity index is 1.21. The Kier molecular flexibility index (Phi) is 11.2. The first-order valence-corrected chi connectivity index (χ1v) is 24.9. The predicted molar refractivity (Wildman–Crippen MR) is 284 cm³/mol. The van der Waals surface area contributed by atoms with Gasteiger partial charge >= 0.3 is 0 Å². The van der Waals surface area contributed by atoms with Crippen molar-refractivity contribution >= 4 is 74.5 Å². The molecule has 0 bridgehead atoms. The van der Waals surface area contributed by atoms with Crippen molar-refractivity contribution in [3.05, 3.63) is 215 Å². The molecule has 3 unspecified atom stereocenters. The normalized spacial score (nSPS) is 15.1. The van der Waals surface area contributed by atoms with Crippen molar-refractivity contribution in [2.24, 2.45) is 5.92 Å². The number of hydrogen-bond donors (Lipinski definition) is 0. The Bertz CT molecular complexity index is 3440. The van der Waals surface area contributed by atoms with Crippen molar-refractivity contribution in [3.8, 4) is 11.1 Å². The maximum absolute atomic E-state index is 3.67. The van der Waals surface area contributed by atoms with E-state index in [0.717, 1.165) is 30.4 Å². The smallest absolute Gasteiger partial charge is 0.0651 e. The fraction of sp³-hybridized carbons (Fsp3) is 0.219. The van der Waals surface area contributed by atoms with Gasteiger partial charge in [-0.05, 0) is 158 Å². The van der Waals surface area contributed by atoms with Crippen LogP contribution >= 0.6 is 0 Å². The summed E-state index contributed by atoms with van der Waals surface area (Å²) in [4.78, 5) is 0. The third-order valence-electron chi connectivity index (χ3n) is 15.1. The van der Waals surface area contributed by atoms with Gasteiger partial charge in [-0.2, -0.15) is 0 Å². The average molecular weight is 855 g/mol. The second-order valence-electron chi connectivity index (χ2n) is 19.0. The molecule has 2 radical (unpaired) electrons. The van der Waals surface area contributed by atoms with Gasteiger partial charge in [0.25, 0.3) is 0 Å². The van der Waals surface area contributed by atoms with Crippen molar-refractivity contribution < 1.29 is 0 Å². The number of benzene rings is 9. The third-order valence-corrected chi connectivity index (χ3v) is 18.0. The van der Waals surface area contributed by atoms with Crippen LogP contribution in [0, 0.1) is 5.92 Å². The number of hydrogen-bond acceptors (Lipinski definition) is 0. The molecule has 9 aromatic carbocycles. The molecule has 9 aromatic rings. The predicted octanol–water partition coefficient (Wildman–Crippen LogP) is 17.7. The maximum atomic E-state index is 3.67. The van der Waals surface area contributed by atoms with Crippen LogP contribution in [0.25, 0.3) is 76.1 Å². The topological polar surface area (TPSA) is 0 Å². The summed E-state index contributed by atoms with van der Waals surface area (Å²) >= 11 is 0. The lowest BCUT2D eigenvalue weighted by molar-refractivity contribution is 0.402. The summed E-state index contributed by atoms with van der Waals surface area (Å²) in [5, 5.41) is 12.6. The minimum absolute atomic E-state index is 0.0249. The molecule has 0 aliphatic heterocycles. The Morgan fingerprint density at radius 2 is 1.14 bits per heavy atom. The Labute approximate surface area is 388 Å². The molecule has 1 heteroatoms. The van der Waals surface area contributed by atoms with Gasteiger partial charge in [0.2, 0.25) is 0 Å². The highest BCUT2D eigenvalue weighted by Crippen LogP contribution is 2.48. The molecule has 0 spiro atoms. The molecule has 0 aromatic heterocycles. The first-order chi connectivity index (χ1) is 31.7. The summed E-state index contributed by atoms with van der Waals surface area (Å²) in [5.41, 5.74) is 18.7. The van der Waals surface area contributed by atoms with Gasteiger partial charge in [0.15, 0.2) is 0 Å². The van der Waals surface area contributed by atoms with E-state index in [1.165, 1.54) is 92.8 Å². The highest BCUT2D eigenvalue weighted by Gasteiger charge is 2.42. The van der Waals surface area contributed by atoms with Gasteiger partial charge < -0.3 is 0 Å². The van der Waals surface area contributed by atoms with Gasteiger partial charge in [-0.1, -0.05) is 212 Å². The molecule has 1 aliphatic carbocycles. The van der Waals surface area contributed by atoms with Crippen molar-refractivity contribution in [1.29, 1.82) is 0 Å². The highest BCUT2D eigenvalue weighted by molar-refractivity contribution is 6.45. The van der Waals surface area contributed by atoms with E-state index in [2.05, 4.69) is 236 Å². The molecule has 0 saturated heterocycles. The number of rotatable bonds is 12. The standard InChI is InChI=1S/C64H58Si/c1-8-43(6)44-32-34-51(35-33-44)63(7,9-2)65-64(10-3,42(4)5)52-36-37-58-60(41-52)62(50-31-30-45-20-11-12-21-46(45)38-50)57-29-18-17-28-56(57)61(58)49-24-19-23-47(39-49)59-40-48-22-13-14-25-53(48)54-26-15-16-27-55(54)59/h11-18,20-23,25-43H,8-10H2,1-7H3. The van der Waals surface area contributed by atoms with Crippen LogP contribution < -0.4 is 0 Å². The molecular formula is C64H58Si. The van der Waals surface area contributed by atoms with Crippen LogP contribution in [0.2, 0.25) is 0 Å². The number of fused-ring (bicyclic) bond motifs is 6. The molecular weight excluding hydrogens is 797 g/mol. The molecule has 1 aliphatic rings. The van der Waals surface area contributed by atoms with Crippen LogP contribution in [-0.2, 0) is 10.1 Å². The summed E-state index contributed by atoms with van der Waals surface area (Å²) in [6.45, 7) is 16.9. The van der Waals surface area contributed by atoms with Gasteiger partial charge in [-0.3, -0.25) is 0 Å². The lowest BCUT2D eigenvalue weighted by Crippen LogP contribution is -2.48. The van der Waals surface area contributed by atoms with Crippen molar-refractivity contribution in [1.82, 2.24) is 0 Å². The average Bonchev–Trinajstić information content (AvgIpc) is 3.36.